The normalized spacial score (nSPS) is 14.6. The Bertz CT molecular complexity index is 997. The Morgan fingerprint density at radius 1 is 1.10 bits per heavy atom. The Morgan fingerprint density at radius 3 is 2.55 bits per heavy atom. The molecule has 0 atom stereocenters. The first-order valence-electron chi connectivity index (χ1n) is 9.95. The molecule has 1 aliphatic heterocycles. The molecule has 0 amide bonds. The van der Waals surface area contributed by atoms with Crippen LogP contribution in [0.3, 0.4) is 0 Å². The number of pyridine rings is 1. The number of ether oxygens (including phenoxy) is 1. The van der Waals surface area contributed by atoms with Crippen LogP contribution < -0.4 is 20.3 Å². The van der Waals surface area contributed by atoms with Crippen molar-refractivity contribution in [3.05, 3.63) is 60.3 Å². The fourth-order valence-corrected chi connectivity index (χ4v) is 4.12. The predicted octanol–water partition coefficient (Wildman–Crippen LogP) is 4.51. The van der Waals surface area contributed by atoms with Gasteiger partial charge >= 0.3 is 0 Å². The van der Waals surface area contributed by atoms with Gasteiger partial charge in [0.15, 0.2) is 5.11 Å². The van der Waals surface area contributed by atoms with Gasteiger partial charge in [0.05, 0.1) is 12.6 Å². The first-order valence-corrected chi connectivity index (χ1v) is 10.4. The highest BCUT2D eigenvalue weighted by molar-refractivity contribution is 7.80. The maximum atomic E-state index is 5.51. The number of nitrogens with one attached hydrogen (secondary N) is 2. The van der Waals surface area contributed by atoms with Crippen LogP contribution >= 0.6 is 12.2 Å². The van der Waals surface area contributed by atoms with E-state index >= 15 is 0 Å². The first-order chi connectivity index (χ1) is 14.1. The standard InChI is InChI=1S/C23H26N4OS/c1-16-15-22(20-5-3-4-6-21(20)24-16)27-13-11-18(12-14-27)26-23(29)25-17-7-9-19(28-2)10-8-17/h3-10,15,18H,11-14H2,1-2H3,(H2,25,26,29). The van der Waals surface area contributed by atoms with E-state index in [1.54, 1.807) is 7.11 Å². The largest absolute Gasteiger partial charge is 0.497 e. The summed E-state index contributed by atoms with van der Waals surface area (Å²) in [4.78, 5) is 7.13. The van der Waals surface area contributed by atoms with Crippen LogP contribution in [0.25, 0.3) is 10.9 Å². The second kappa shape index (κ2) is 8.66. The average Bonchev–Trinajstić information content (AvgIpc) is 2.74. The highest BCUT2D eigenvalue weighted by atomic mass is 32.1. The number of methoxy groups -OCH3 is 1. The van der Waals surface area contributed by atoms with Crippen LogP contribution in [0.4, 0.5) is 11.4 Å². The predicted molar refractivity (Wildman–Crippen MR) is 124 cm³/mol. The van der Waals surface area contributed by atoms with Crippen molar-refractivity contribution in [1.82, 2.24) is 10.3 Å². The van der Waals surface area contributed by atoms with E-state index in [0.29, 0.717) is 11.2 Å². The molecule has 2 heterocycles. The number of hydrogen-bond acceptors (Lipinski definition) is 4. The number of fused-ring (bicyclic) bond motifs is 1. The lowest BCUT2D eigenvalue weighted by molar-refractivity contribution is 0.415. The number of anilines is 2. The number of aryl methyl sites for hydroxylation is 1. The molecule has 150 valence electrons. The van der Waals surface area contributed by atoms with Crippen molar-refractivity contribution in [3.63, 3.8) is 0 Å². The zero-order valence-corrected chi connectivity index (χ0v) is 17.6. The van der Waals surface area contributed by atoms with Crippen LogP contribution in [0.15, 0.2) is 54.6 Å². The number of para-hydroxylation sites is 1. The molecule has 1 aromatic heterocycles. The molecule has 0 bridgehead atoms. The van der Waals surface area contributed by atoms with Gasteiger partial charge in [0, 0.05) is 41.6 Å². The van der Waals surface area contributed by atoms with E-state index in [9.17, 15) is 0 Å². The molecule has 1 saturated heterocycles. The van der Waals surface area contributed by atoms with E-state index < -0.39 is 0 Å². The van der Waals surface area contributed by atoms with Gasteiger partial charge in [-0.1, -0.05) is 18.2 Å². The van der Waals surface area contributed by atoms with Crippen LogP contribution in [0.1, 0.15) is 18.5 Å². The molecule has 6 heteroatoms. The van der Waals surface area contributed by atoms with Gasteiger partial charge in [0.1, 0.15) is 5.75 Å². The van der Waals surface area contributed by atoms with Crippen molar-refractivity contribution in [2.75, 3.05) is 30.4 Å². The number of thiocarbonyl (C=S) groups is 1. The number of aromatic nitrogens is 1. The van der Waals surface area contributed by atoms with Gasteiger partial charge in [0.25, 0.3) is 0 Å². The molecular weight excluding hydrogens is 380 g/mol. The monoisotopic (exact) mass is 406 g/mol. The Balaban J connectivity index is 1.35. The third kappa shape index (κ3) is 4.59. The number of benzene rings is 2. The molecule has 29 heavy (non-hydrogen) atoms. The molecule has 4 rings (SSSR count). The highest BCUT2D eigenvalue weighted by Gasteiger charge is 2.21. The Morgan fingerprint density at radius 2 is 1.83 bits per heavy atom. The van der Waals surface area contributed by atoms with Crippen molar-refractivity contribution in [1.29, 1.82) is 0 Å². The van der Waals surface area contributed by atoms with Gasteiger partial charge in [0.2, 0.25) is 0 Å². The van der Waals surface area contributed by atoms with Crippen LogP contribution in [-0.2, 0) is 0 Å². The molecule has 0 radical (unpaired) electrons. The molecule has 2 N–H and O–H groups in total. The van der Waals surface area contributed by atoms with E-state index in [1.165, 1.54) is 11.1 Å². The SMILES string of the molecule is COc1ccc(NC(=S)NC2CCN(c3cc(C)nc4ccccc34)CC2)cc1. The number of hydrogen-bond donors (Lipinski definition) is 2. The van der Waals surface area contributed by atoms with Crippen molar-refractivity contribution < 1.29 is 4.74 Å². The summed E-state index contributed by atoms with van der Waals surface area (Å²) in [6.07, 6.45) is 2.08. The van der Waals surface area contributed by atoms with Crippen LogP contribution in [-0.4, -0.2) is 36.3 Å². The Kier molecular flexibility index (Phi) is 5.81. The maximum absolute atomic E-state index is 5.51. The van der Waals surface area contributed by atoms with E-state index in [2.05, 4.69) is 51.7 Å². The molecule has 0 spiro atoms. The fourth-order valence-electron chi connectivity index (χ4n) is 3.84. The molecule has 1 fully saturated rings. The summed E-state index contributed by atoms with van der Waals surface area (Å²) in [5.74, 6) is 0.834. The average molecular weight is 407 g/mol. The first kappa shape index (κ1) is 19.5. The van der Waals surface area contributed by atoms with Gasteiger partial charge in [-0.25, -0.2) is 0 Å². The van der Waals surface area contributed by atoms with Crippen molar-refractivity contribution in [2.45, 2.75) is 25.8 Å². The number of rotatable bonds is 4. The minimum atomic E-state index is 0.374. The van der Waals surface area contributed by atoms with Crippen LogP contribution in [0, 0.1) is 6.92 Å². The molecular formula is C23H26N4OS. The maximum Gasteiger partial charge on any atom is 0.170 e. The molecule has 0 unspecified atom stereocenters. The quantitative estimate of drug-likeness (QED) is 0.622. The minimum Gasteiger partial charge on any atom is -0.497 e. The van der Waals surface area contributed by atoms with E-state index in [-0.39, 0.29) is 0 Å². The minimum absolute atomic E-state index is 0.374. The lowest BCUT2D eigenvalue weighted by Gasteiger charge is -2.35. The second-order valence-electron chi connectivity index (χ2n) is 7.39. The van der Waals surface area contributed by atoms with Gasteiger partial charge in [-0.05, 0) is 68.4 Å². The van der Waals surface area contributed by atoms with Gasteiger partial charge < -0.3 is 20.3 Å². The lowest BCUT2D eigenvalue weighted by Crippen LogP contribution is -2.46. The molecule has 1 aliphatic rings. The highest BCUT2D eigenvalue weighted by Crippen LogP contribution is 2.29. The Labute approximate surface area is 177 Å². The van der Waals surface area contributed by atoms with Crippen LogP contribution in [0.2, 0.25) is 0 Å². The second-order valence-corrected chi connectivity index (χ2v) is 7.80. The number of nitrogens with zero attached hydrogens (tertiary/aromatic N) is 2. The summed E-state index contributed by atoms with van der Waals surface area (Å²) in [5, 5.41) is 8.61. The molecule has 0 aliphatic carbocycles. The van der Waals surface area contributed by atoms with Crippen molar-refractivity contribution in [2.24, 2.45) is 0 Å². The molecule has 2 aromatic carbocycles. The molecule has 3 aromatic rings. The van der Waals surface area contributed by atoms with Gasteiger partial charge in [-0.15, -0.1) is 0 Å². The molecule has 5 nitrogen and oxygen atoms in total. The number of piperidine rings is 1. The van der Waals surface area contributed by atoms with E-state index in [1.807, 2.05) is 30.3 Å². The Hall–Kier alpha value is -2.86. The van der Waals surface area contributed by atoms with Crippen LogP contribution in [0.5, 0.6) is 5.75 Å². The van der Waals surface area contributed by atoms with Gasteiger partial charge in [-0.2, -0.15) is 0 Å². The smallest absolute Gasteiger partial charge is 0.170 e. The van der Waals surface area contributed by atoms with Crippen molar-refractivity contribution in [3.8, 4) is 5.75 Å². The van der Waals surface area contributed by atoms with E-state index in [0.717, 1.165) is 48.6 Å². The summed E-state index contributed by atoms with van der Waals surface area (Å²) in [6, 6.07) is 18.7. The topological polar surface area (TPSA) is 49.4 Å². The fraction of sp³-hybridized carbons (Fsp3) is 0.304. The van der Waals surface area contributed by atoms with Crippen molar-refractivity contribution >= 4 is 39.6 Å². The summed E-state index contributed by atoms with van der Waals surface area (Å²) in [6.45, 7) is 4.06. The van der Waals surface area contributed by atoms with E-state index in [4.69, 9.17) is 17.0 Å². The summed E-state index contributed by atoms with van der Waals surface area (Å²) >= 11 is 5.51. The third-order valence-corrected chi connectivity index (χ3v) is 5.56. The zero-order valence-electron chi connectivity index (χ0n) is 16.8. The summed E-state index contributed by atoms with van der Waals surface area (Å²) in [5.41, 5.74) is 4.36. The third-order valence-electron chi connectivity index (χ3n) is 5.34. The summed E-state index contributed by atoms with van der Waals surface area (Å²) < 4.78 is 5.19. The zero-order chi connectivity index (χ0) is 20.2. The lowest BCUT2D eigenvalue weighted by atomic mass is 10.0. The summed E-state index contributed by atoms with van der Waals surface area (Å²) in [7, 11) is 1.66. The van der Waals surface area contributed by atoms with Gasteiger partial charge in [-0.3, -0.25) is 4.98 Å². The molecule has 0 saturated carbocycles.